The number of ether oxygens (including phenoxy) is 1. The highest BCUT2D eigenvalue weighted by Crippen LogP contribution is 2.43. The van der Waals surface area contributed by atoms with Crippen LogP contribution in [0, 0.1) is 5.41 Å². The van der Waals surface area contributed by atoms with E-state index in [2.05, 4.69) is 45.7 Å². The van der Waals surface area contributed by atoms with Crippen molar-refractivity contribution in [2.75, 3.05) is 37.6 Å². The van der Waals surface area contributed by atoms with E-state index in [1.54, 1.807) is 17.8 Å². The largest absolute Gasteiger partial charge is 0.455 e. The van der Waals surface area contributed by atoms with Crippen molar-refractivity contribution >= 4 is 40.2 Å². The summed E-state index contributed by atoms with van der Waals surface area (Å²) in [6.07, 6.45) is 8.98. The zero-order chi connectivity index (χ0) is 27.7. The number of nitrogens with zero attached hydrogens (tertiary/aromatic N) is 3. The van der Waals surface area contributed by atoms with Crippen LogP contribution in [0.3, 0.4) is 0 Å². The maximum atomic E-state index is 11.6. The van der Waals surface area contributed by atoms with Crippen molar-refractivity contribution < 1.29 is 9.53 Å². The van der Waals surface area contributed by atoms with E-state index in [-0.39, 0.29) is 0 Å². The summed E-state index contributed by atoms with van der Waals surface area (Å²) in [5, 5.41) is 1.74. The molecule has 0 unspecified atom stereocenters. The van der Waals surface area contributed by atoms with Gasteiger partial charge in [-0.3, -0.25) is 9.69 Å². The molecule has 1 aliphatic carbocycles. The van der Waals surface area contributed by atoms with E-state index in [1.807, 2.05) is 48.9 Å². The molecule has 205 valence electrons. The van der Waals surface area contributed by atoms with Crippen LogP contribution in [0.15, 0.2) is 72.6 Å². The van der Waals surface area contributed by atoms with Crippen LogP contribution >= 0.6 is 11.6 Å². The zero-order valence-electron chi connectivity index (χ0n) is 23.0. The highest BCUT2D eigenvalue weighted by Gasteiger charge is 2.29. The number of fused-ring (bicyclic) bond motifs is 1. The minimum Gasteiger partial charge on any atom is -0.455 e. The monoisotopic (exact) mass is 553 g/mol. The normalized spacial score (nSPS) is 17.8. The Morgan fingerprint density at radius 2 is 1.85 bits per heavy atom. The first-order valence-electron chi connectivity index (χ1n) is 13.9. The van der Waals surface area contributed by atoms with E-state index in [1.165, 1.54) is 17.6 Å². The predicted octanol–water partition coefficient (Wildman–Crippen LogP) is 7.25. The Labute approximate surface area is 240 Å². The van der Waals surface area contributed by atoms with Crippen molar-refractivity contribution in [1.29, 1.82) is 0 Å². The number of hydrogen-bond donors (Lipinski definition) is 1. The van der Waals surface area contributed by atoms with Gasteiger partial charge >= 0.3 is 0 Å². The van der Waals surface area contributed by atoms with Crippen LogP contribution in [0.4, 0.5) is 5.69 Å². The molecule has 3 heterocycles. The third-order valence-corrected chi connectivity index (χ3v) is 8.46. The third kappa shape index (κ3) is 5.79. The van der Waals surface area contributed by atoms with Crippen molar-refractivity contribution in [1.82, 2.24) is 14.9 Å². The van der Waals surface area contributed by atoms with Crippen LogP contribution in [0.5, 0.6) is 11.5 Å². The molecule has 0 amide bonds. The van der Waals surface area contributed by atoms with Crippen LogP contribution in [0.25, 0.3) is 16.6 Å². The van der Waals surface area contributed by atoms with E-state index < -0.39 is 0 Å². The number of aromatic nitrogens is 2. The van der Waals surface area contributed by atoms with Gasteiger partial charge in [-0.2, -0.15) is 0 Å². The Morgan fingerprint density at radius 3 is 2.62 bits per heavy atom. The summed E-state index contributed by atoms with van der Waals surface area (Å²) in [6.45, 7) is 9.53. The number of nitrogens with one attached hydrogen (secondary N) is 1. The number of rotatable bonds is 7. The molecule has 1 N–H and O–H groups in total. The molecule has 0 saturated carbocycles. The Kier molecular flexibility index (Phi) is 7.39. The van der Waals surface area contributed by atoms with E-state index >= 15 is 0 Å². The van der Waals surface area contributed by atoms with Gasteiger partial charge in [-0.1, -0.05) is 43.2 Å². The van der Waals surface area contributed by atoms with Crippen molar-refractivity contribution in [2.45, 2.75) is 33.1 Å². The molecule has 0 spiro atoms. The Bertz CT molecular complexity index is 1550. The summed E-state index contributed by atoms with van der Waals surface area (Å²) in [5.74, 6) is 1.08. The van der Waals surface area contributed by atoms with Crippen molar-refractivity contribution in [3.8, 4) is 11.5 Å². The molecule has 1 aliphatic heterocycles. The molecule has 2 aromatic carbocycles. The second-order valence-corrected chi connectivity index (χ2v) is 12.1. The topological polar surface area (TPSA) is 61.5 Å². The number of carbonyl (C=O) groups excluding carboxylic acids is 1. The summed E-state index contributed by atoms with van der Waals surface area (Å²) in [6, 6.07) is 17.9. The van der Waals surface area contributed by atoms with E-state index in [0.29, 0.717) is 22.5 Å². The van der Waals surface area contributed by atoms with Crippen LogP contribution in [-0.4, -0.2) is 53.9 Å². The number of benzene rings is 2. The average Bonchev–Trinajstić information content (AvgIpc) is 3.43. The molecule has 1 fully saturated rings. The lowest BCUT2D eigenvalue weighted by molar-refractivity contribution is 0.264. The Morgan fingerprint density at radius 1 is 1.05 bits per heavy atom. The summed E-state index contributed by atoms with van der Waals surface area (Å²) in [5.41, 5.74) is 6.91. The minimum absolute atomic E-state index is 0.311. The maximum Gasteiger partial charge on any atom is 0.237 e. The molecule has 1 radical (unpaired) electrons. The summed E-state index contributed by atoms with van der Waals surface area (Å²) in [7, 11) is 0. The fourth-order valence-corrected chi connectivity index (χ4v) is 6.00. The van der Waals surface area contributed by atoms with Gasteiger partial charge < -0.3 is 14.6 Å². The molecular weight excluding hydrogens is 520 g/mol. The SMILES string of the molecule is CC1(C)CCC(CN2CCN(c3ccc([C]=O)c(Oc4cnc5[nH]ccc5c4)c3)CC2)=C(c2ccc(Cl)cc2)C1. The maximum absolute atomic E-state index is 11.6. The van der Waals surface area contributed by atoms with Gasteiger partial charge in [0.25, 0.3) is 0 Å². The standard InChI is InChI=1S/C33H34ClN4O2/c1-33(2)11-9-25(30(19-33)23-3-6-27(34)7-4-23)21-37-13-15-38(16-14-37)28-8-5-26(22-39)31(18-28)40-29-17-24-10-12-35-32(24)36-20-29/h3-8,10,12,17-18,20H,9,11,13-16,19,21H2,1-2H3,(H,35,36). The lowest BCUT2D eigenvalue weighted by atomic mass is 9.72. The Balaban J connectivity index is 1.15. The lowest BCUT2D eigenvalue weighted by Gasteiger charge is -2.39. The molecule has 40 heavy (non-hydrogen) atoms. The van der Waals surface area contributed by atoms with Gasteiger partial charge in [0.1, 0.15) is 17.1 Å². The van der Waals surface area contributed by atoms with Gasteiger partial charge in [0.2, 0.25) is 6.29 Å². The second kappa shape index (κ2) is 11.1. The average molecular weight is 554 g/mol. The molecule has 2 aromatic heterocycles. The van der Waals surface area contributed by atoms with Gasteiger partial charge in [-0.15, -0.1) is 0 Å². The molecule has 0 bridgehead atoms. The van der Waals surface area contributed by atoms with Crippen LogP contribution in [-0.2, 0) is 4.79 Å². The number of pyridine rings is 1. The van der Waals surface area contributed by atoms with Gasteiger partial charge in [-0.25, -0.2) is 4.98 Å². The fraction of sp³-hybridized carbons (Fsp3) is 0.333. The number of aromatic amines is 1. The predicted molar refractivity (Wildman–Crippen MR) is 162 cm³/mol. The highest BCUT2D eigenvalue weighted by molar-refractivity contribution is 6.30. The molecule has 4 aromatic rings. The van der Waals surface area contributed by atoms with Crippen molar-refractivity contribution in [3.63, 3.8) is 0 Å². The summed E-state index contributed by atoms with van der Waals surface area (Å²) < 4.78 is 6.12. The zero-order valence-corrected chi connectivity index (χ0v) is 23.8. The number of piperazine rings is 1. The van der Waals surface area contributed by atoms with Gasteiger partial charge in [0, 0.05) is 61.1 Å². The van der Waals surface area contributed by atoms with E-state index in [0.717, 1.165) is 67.3 Å². The van der Waals surface area contributed by atoms with E-state index in [4.69, 9.17) is 16.3 Å². The number of halogens is 1. The number of allylic oxidation sites excluding steroid dienone is 1. The van der Waals surface area contributed by atoms with Gasteiger partial charge in [0.05, 0.1) is 11.8 Å². The summed E-state index contributed by atoms with van der Waals surface area (Å²) in [4.78, 5) is 24.1. The fourth-order valence-electron chi connectivity index (χ4n) is 5.88. The van der Waals surface area contributed by atoms with Gasteiger partial charge in [0.15, 0.2) is 0 Å². The highest BCUT2D eigenvalue weighted by atomic mass is 35.5. The van der Waals surface area contributed by atoms with Crippen LogP contribution in [0.2, 0.25) is 5.02 Å². The van der Waals surface area contributed by atoms with Crippen molar-refractivity contribution in [3.05, 3.63) is 88.7 Å². The molecule has 7 heteroatoms. The smallest absolute Gasteiger partial charge is 0.237 e. The Hall–Kier alpha value is -3.61. The number of hydrogen-bond acceptors (Lipinski definition) is 5. The van der Waals surface area contributed by atoms with Gasteiger partial charge in [-0.05, 0) is 72.2 Å². The molecule has 1 saturated heterocycles. The lowest BCUT2D eigenvalue weighted by Crippen LogP contribution is -2.47. The van der Waals surface area contributed by atoms with E-state index in [9.17, 15) is 4.79 Å². The first kappa shape index (κ1) is 26.6. The third-order valence-electron chi connectivity index (χ3n) is 8.21. The van der Waals surface area contributed by atoms with Crippen molar-refractivity contribution in [2.24, 2.45) is 5.41 Å². The minimum atomic E-state index is 0.311. The molecular formula is C33H34ClN4O2. The summed E-state index contributed by atoms with van der Waals surface area (Å²) >= 11 is 6.19. The molecule has 2 aliphatic rings. The second-order valence-electron chi connectivity index (χ2n) is 11.7. The van der Waals surface area contributed by atoms with Crippen LogP contribution < -0.4 is 9.64 Å². The quantitative estimate of drug-likeness (QED) is 0.261. The molecule has 0 atom stereocenters. The number of H-pyrrole nitrogens is 1. The first-order valence-corrected chi connectivity index (χ1v) is 14.3. The first-order chi connectivity index (χ1) is 19.4. The molecule has 6 nitrogen and oxygen atoms in total. The van der Waals surface area contributed by atoms with Crippen LogP contribution in [0.1, 0.15) is 44.2 Å². The molecule has 6 rings (SSSR count). The number of anilines is 1.